The van der Waals surface area contributed by atoms with Crippen LogP contribution in [0.2, 0.25) is 0 Å². The molecule has 128 valence electrons. The van der Waals surface area contributed by atoms with E-state index in [2.05, 4.69) is 4.98 Å². The summed E-state index contributed by atoms with van der Waals surface area (Å²) < 4.78 is 23.3. The van der Waals surface area contributed by atoms with Crippen molar-refractivity contribution in [3.05, 3.63) is 36.0 Å². The summed E-state index contributed by atoms with van der Waals surface area (Å²) in [5.74, 6) is -0.0711. The van der Waals surface area contributed by atoms with Crippen LogP contribution in [0.1, 0.15) is 16.9 Å². The molecule has 1 aromatic carbocycles. The lowest BCUT2D eigenvalue weighted by Crippen LogP contribution is -2.38. The van der Waals surface area contributed by atoms with Gasteiger partial charge in [-0.1, -0.05) is 18.2 Å². The highest BCUT2D eigenvalue weighted by Crippen LogP contribution is 2.26. The SMILES string of the molecule is CN(C)c1cc(C(=O)N(C)C2CCS(=O)(=O)C2)nc2ccccc12. The van der Waals surface area contributed by atoms with Crippen molar-refractivity contribution in [2.45, 2.75) is 12.5 Å². The van der Waals surface area contributed by atoms with E-state index in [0.29, 0.717) is 12.1 Å². The smallest absolute Gasteiger partial charge is 0.272 e. The molecule has 24 heavy (non-hydrogen) atoms. The van der Waals surface area contributed by atoms with Crippen LogP contribution in [-0.4, -0.2) is 62.9 Å². The Morgan fingerprint density at radius 1 is 1.21 bits per heavy atom. The summed E-state index contributed by atoms with van der Waals surface area (Å²) in [4.78, 5) is 20.8. The summed E-state index contributed by atoms with van der Waals surface area (Å²) in [7, 11) is 2.46. The zero-order valence-electron chi connectivity index (χ0n) is 14.1. The standard InChI is InChI=1S/C17H21N3O3S/c1-19(2)16-10-15(18-14-7-5-4-6-13(14)16)17(21)20(3)12-8-9-24(22,23)11-12/h4-7,10,12H,8-9,11H2,1-3H3. The zero-order valence-corrected chi connectivity index (χ0v) is 14.9. The molecule has 3 rings (SSSR count). The molecule has 1 fully saturated rings. The Kier molecular flexibility index (Phi) is 4.21. The lowest BCUT2D eigenvalue weighted by atomic mass is 10.1. The summed E-state index contributed by atoms with van der Waals surface area (Å²) in [5.41, 5.74) is 2.00. The lowest BCUT2D eigenvalue weighted by molar-refractivity contribution is 0.0742. The molecule has 2 aromatic rings. The van der Waals surface area contributed by atoms with Crippen molar-refractivity contribution in [3.63, 3.8) is 0 Å². The quantitative estimate of drug-likeness (QED) is 0.843. The molecule has 0 saturated carbocycles. The van der Waals surface area contributed by atoms with Crippen molar-refractivity contribution in [3.8, 4) is 0 Å². The number of hydrogen-bond donors (Lipinski definition) is 0. The van der Waals surface area contributed by atoms with Crippen LogP contribution in [0.4, 0.5) is 5.69 Å². The molecule has 1 unspecified atom stereocenters. The van der Waals surface area contributed by atoms with Gasteiger partial charge in [0.1, 0.15) is 5.69 Å². The molecule has 7 heteroatoms. The number of rotatable bonds is 3. The molecule has 1 aromatic heterocycles. The molecule has 0 N–H and O–H groups in total. The van der Waals surface area contributed by atoms with Gasteiger partial charge in [0.25, 0.3) is 5.91 Å². The fourth-order valence-electron chi connectivity index (χ4n) is 3.06. The van der Waals surface area contributed by atoms with E-state index in [1.807, 2.05) is 43.3 Å². The first kappa shape index (κ1) is 16.7. The van der Waals surface area contributed by atoms with Crippen LogP contribution in [0.3, 0.4) is 0 Å². The van der Waals surface area contributed by atoms with E-state index in [0.717, 1.165) is 16.6 Å². The second kappa shape index (κ2) is 6.05. The van der Waals surface area contributed by atoms with E-state index >= 15 is 0 Å². The molecular weight excluding hydrogens is 326 g/mol. The third kappa shape index (κ3) is 3.08. The van der Waals surface area contributed by atoms with Crippen LogP contribution in [0.5, 0.6) is 0 Å². The van der Waals surface area contributed by atoms with Crippen LogP contribution in [0.15, 0.2) is 30.3 Å². The number of fused-ring (bicyclic) bond motifs is 1. The summed E-state index contributed by atoms with van der Waals surface area (Å²) in [5, 5.41) is 0.977. The fourth-order valence-corrected chi connectivity index (χ4v) is 4.84. The van der Waals surface area contributed by atoms with Crippen molar-refractivity contribution < 1.29 is 13.2 Å². The average molecular weight is 347 g/mol. The van der Waals surface area contributed by atoms with Gasteiger partial charge in [-0.2, -0.15) is 0 Å². The third-order valence-electron chi connectivity index (χ3n) is 4.47. The van der Waals surface area contributed by atoms with Gasteiger partial charge in [0.15, 0.2) is 9.84 Å². The number of para-hydroxylation sites is 1. The van der Waals surface area contributed by atoms with Crippen molar-refractivity contribution in [1.82, 2.24) is 9.88 Å². The predicted molar refractivity (Wildman–Crippen MR) is 95.2 cm³/mol. The molecule has 1 aliphatic heterocycles. The van der Waals surface area contributed by atoms with Crippen LogP contribution >= 0.6 is 0 Å². The zero-order chi connectivity index (χ0) is 17.5. The highest BCUT2D eigenvalue weighted by Gasteiger charge is 2.33. The summed E-state index contributed by atoms with van der Waals surface area (Å²) in [6, 6.07) is 9.16. The number of benzene rings is 1. The molecule has 0 radical (unpaired) electrons. The van der Waals surface area contributed by atoms with Gasteiger partial charge >= 0.3 is 0 Å². The van der Waals surface area contributed by atoms with E-state index in [4.69, 9.17) is 0 Å². The normalized spacial score (nSPS) is 19.4. The monoisotopic (exact) mass is 347 g/mol. The van der Waals surface area contributed by atoms with E-state index in [1.54, 1.807) is 13.1 Å². The summed E-state index contributed by atoms with van der Waals surface area (Å²) in [6.07, 6.45) is 0.485. The average Bonchev–Trinajstić information content (AvgIpc) is 2.92. The Morgan fingerprint density at radius 3 is 2.54 bits per heavy atom. The molecule has 1 atom stereocenters. The van der Waals surface area contributed by atoms with Gasteiger partial charge in [-0.25, -0.2) is 13.4 Å². The largest absolute Gasteiger partial charge is 0.377 e. The number of hydrogen-bond acceptors (Lipinski definition) is 5. The van der Waals surface area contributed by atoms with Gasteiger partial charge in [0, 0.05) is 38.3 Å². The number of anilines is 1. The molecular formula is C17H21N3O3S. The van der Waals surface area contributed by atoms with Gasteiger partial charge in [-0.3, -0.25) is 4.79 Å². The second-order valence-electron chi connectivity index (χ2n) is 6.41. The minimum Gasteiger partial charge on any atom is -0.377 e. The number of nitrogens with zero attached hydrogens (tertiary/aromatic N) is 3. The molecule has 2 heterocycles. The van der Waals surface area contributed by atoms with Gasteiger partial charge in [-0.15, -0.1) is 0 Å². The van der Waals surface area contributed by atoms with E-state index in [-0.39, 0.29) is 23.5 Å². The number of pyridine rings is 1. The van der Waals surface area contributed by atoms with Crippen molar-refractivity contribution in [1.29, 1.82) is 0 Å². The first-order chi connectivity index (χ1) is 11.3. The maximum absolute atomic E-state index is 12.8. The van der Waals surface area contributed by atoms with Gasteiger partial charge in [0.05, 0.1) is 17.0 Å². The van der Waals surface area contributed by atoms with E-state index < -0.39 is 9.84 Å². The van der Waals surface area contributed by atoms with E-state index in [1.165, 1.54) is 4.90 Å². The number of amides is 1. The van der Waals surface area contributed by atoms with E-state index in [9.17, 15) is 13.2 Å². The molecule has 0 spiro atoms. The first-order valence-corrected chi connectivity index (χ1v) is 9.65. The lowest BCUT2D eigenvalue weighted by Gasteiger charge is -2.24. The summed E-state index contributed by atoms with van der Waals surface area (Å²) >= 11 is 0. The molecule has 6 nitrogen and oxygen atoms in total. The molecule has 1 aliphatic rings. The Labute approximate surface area is 142 Å². The predicted octanol–water partition coefficient (Wildman–Crippen LogP) is 1.56. The topological polar surface area (TPSA) is 70.6 Å². The molecule has 1 amide bonds. The van der Waals surface area contributed by atoms with Gasteiger partial charge < -0.3 is 9.80 Å². The number of carbonyl (C=O) groups excluding carboxylic acids is 1. The van der Waals surface area contributed by atoms with Crippen LogP contribution in [-0.2, 0) is 9.84 Å². The Hall–Kier alpha value is -2.15. The molecule has 0 aliphatic carbocycles. The third-order valence-corrected chi connectivity index (χ3v) is 6.22. The van der Waals surface area contributed by atoms with Crippen molar-refractivity contribution in [2.24, 2.45) is 0 Å². The minimum absolute atomic E-state index is 0.0311. The first-order valence-electron chi connectivity index (χ1n) is 7.83. The van der Waals surface area contributed by atoms with Crippen molar-refractivity contribution in [2.75, 3.05) is 37.5 Å². The Bertz CT molecular complexity index is 893. The molecule has 0 bridgehead atoms. The highest BCUT2D eigenvalue weighted by molar-refractivity contribution is 7.91. The van der Waals surface area contributed by atoms with Gasteiger partial charge in [-0.05, 0) is 18.6 Å². The number of aromatic nitrogens is 1. The Balaban J connectivity index is 1.98. The highest BCUT2D eigenvalue weighted by atomic mass is 32.2. The van der Waals surface area contributed by atoms with Crippen LogP contribution in [0, 0.1) is 0 Å². The van der Waals surface area contributed by atoms with Gasteiger partial charge in [0.2, 0.25) is 0 Å². The fraction of sp³-hybridized carbons (Fsp3) is 0.412. The maximum atomic E-state index is 12.8. The maximum Gasteiger partial charge on any atom is 0.272 e. The summed E-state index contributed by atoms with van der Waals surface area (Å²) in [6.45, 7) is 0. The Morgan fingerprint density at radius 2 is 1.92 bits per heavy atom. The molecule has 1 saturated heterocycles. The van der Waals surface area contributed by atoms with Crippen LogP contribution < -0.4 is 4.90 Å². The van der Waals surface area contributed by atoms with Crippen LogP contribution in [0.25, 0.3) is 10.9 Å². The minimum atomic E-state index is -3.03. The number of sulfone groups is 1. The van der Waals surface area contributed by atoms with Crippen molar-refractivity contribution >= 4 is 32.3 Å². The second-order valence-corrected chi connectivity index (χ2v) is 8.64. The number of carbonyl (C=O) groups is 1.